The highest BCUT2D eigenvalue weighted by Crippen LogP contribution is 2.61. The molecule has 2 bridgehead atoms. The minimum atomic E-state index is -0.316. The third-order valence-electron chi connectivity index (χ3n) is 8.19. The normalized spacial score (nSPS) is 24.9. The predicted octanol–water partition coefficient (Wildman–Crippen LogP) is 4.35. The Balaban J connectivity index is 1.23. The first-order chi connectivity index (χ1) is 16.3. The molecule has 0 unspecified atom stereocenters. The van der Waals surface area contributed by atoms with Gasteiger partial charge in [-0.05, 0) is 69.6 Å². The number of fused-ring (bicyclic) bond motifs is 3. The number of nitrogens with zero attached hydrogens (tertiary/aromatic N) is 3. The van der Waals surface area contributed by atoms with Crippen molar-refractivity contribution in [2.24, 2.45) is 23.2 Å². The number of nitrogens with one attached hydrogen (secondary N) is 2. The molecule has 178 valence electrons. The fourth-order valence-corrected chi connectivity index (χ4v) is 6.33. The molecular formula is C26H30BrN5O2. The Kier molecular flexibility index (Phi) is 5.96. The largest absolute Gasteiger partial charge is 0.380 e. The van der Waals surface area contributed by atoms with Gasteiger partial charge in [-0.25, -0.2) is 4.68 Å². The maximum absolute atomic E-state index is 12.9. The minimum absolute atomic E-state index is 0.140. The van der Waals surface area contributed by atoms with E-state index < -0.39 is 0 Å². The van der Waals surface area contributed by atoms with Crippen LogP contribution in [0.5, 0.6) is 0 Å². The van der Waals surface area contributed by atoms with E-state index in [1.54, 1.807) is 12.4 Å². The van der Waals surface area contributed by atoms with Gasteiger partial charge in [-0.15, -0.1) is 0 Å². The van der Waals surface area contributed by atoms with Crippen molar-refractivity contribution in [3.8, 4) is 0 Å². The smallest absolute Gasteiger partial charge is 0.283 e. The summed E-state index contributed by atoms with van der Waals surface area (Å²) in [6, 6.07) is 10.0. The van der Waals surface area contributed by atoms with Crippen molar-refractivity contribution in [1.82, 2.24) is 20.1 Å². The number of rotatable bonds is 6. The van der Waals surface area contributed by atoms with Gasteiger partial charge in [0.2, 0.25) is 5.91 Å². The molecule has 2 N–H and O–H groups in total. The molecule has 1 amide bonds. The van der Waals surface area contributed by atoms with Gasteiger partial charge in [0, 0.05) is 24.2 Å². The summed E-state index contributed by atoms with van der Waals surface area (Å²) in [6.45, 7) is 7.27. The molecule has 6 rings (SSSR count). The maximum Gasteiger partial charge on any atom is 0.283 e. The number of hydrogen-bond donors (Lipinski definition) is 2. The quantitative estimate of drug-likeness (QED) is 0.501. The van der Waals surface area contributed by atoms with Crippen LogP contribution in [0.2, 0.25) is 0 Å². The van der Waals surface area contributed by atoms with Crippen LogP contribution in [0.1, 0.15) is 39.2 Å². The predicted molar refractivity (Wildman–Crippen MR) is 136 cm³/mol. The van der Waals surface area contributed by atoms with Crippen LogP contribution in [0.3, 0.4) is 0 Å². The Morgan fingerprint density at radius 2 is 2.03 bits per heavy atom. The first-order valence-electron chi connectivity index (χ1n) is 11.9. The Morgan fingerprint density at radius 1 is 1.24 bits per heavy atom. The zero-order valence-corrected chi connectivity index (χ0v) is 21.3. The maximum atomic E-state index is 12.9. The molecule has 4 atom stereocenters. The number of anilines is 1. The average molecular weight is 524 g/mol. The lowest BCUT2D eigenvalue weighted by molar-refractivity contribution is -0.122. The Bertz CT molecular complexity index is 1300. The molecule has 0 aliphatic heterocycles. The molecular weight excluding hydrogens is 494 g/mol. The van der Waals surface area contributed by atoms with Crippen LogP contribution in [0, 0.1) is 23.2 Å². The van der Waals surface area contributed by atoms with Crippen LogP contribution in [0.25, 0.3) is 10.9 Å². The molecule has 3 aliphatic rings. The molecule has 3 saturated carbocycles. The summed E-state index contributed by atoms with van der Waals surface area (Å²) in [6.07, 6.45) is 5.79. The molecule has 2 aromatic heterocycles. The summed E-state index contributed by atoms with van der Waals surface area (Å²) in [5, 5.41) is 11.7. The highest BCUT2D eigenvalue weighted by Gasteiger charge is 2.56. The van der Waals surface area contributed by atoms with Gasteiger partial charge in [-0.2, -0.15) is 5.10 Å². The third kappa shape index (κ3) is 4.02. The summed E-state index contributed by atoms with van der Waals surface area (Å²) in [5.74, 6) is 1.69. The van der Waals surface area contributed by atoms with Crippen molar-refractivity contribution in [3.63, 3.8) is 0 Å². The summed E-state index contributed by atoms with van der Waals surface area (Å²) >= 11 is 3.44. The summed E-state index contributed by atoms with van der Waals surface area (Å²) in [7, 11) is 0. The molecule has 7 nitrogen and oxygen atoms in total. The number of para-hydroxylation sites is 1. The fraction of sp³-hybridized carbons (Fsp3) is 0.462. The van der Waals surface area contributed by atoms with E-state index in [4.69, 9.17) is 0 Å². The van der Waals surface area contributed by atoms with Crippen molar-refractivity contribution in [1.29, 1.82) is 0 Å². The van der Waals surface area contributed by atoms with Gasteiger partial charge >= 0.3 is 0 Å². The van der Waals surface area contributed by atoms with Crippen LogP contribution < -0.4 is 16.2 Å². The lowest BCUT2D eigenvalue weighted by Gasteiger charge is -2.62. The standard InChI is InChI=1S/C26H30BrN5O2/c1-15-19-10-17(26(19,2)3)11-21(15)31-22-13-30-32(25(34)24(22)27)14-23(33)29-12-16-8-9-28-20-7-5-4-6-18(16)20/h4-9,13,15,17,19,21,31H,10-12,14H2,1-3H3,(H,29,33)/t15-,17+,19-,21-/m1/s1. The van der Waals surface area contributed by atoms with Gasteiger partial charge in [-0.1, -0.05) is 39.0 Å². The summed E-state index contributed by atoms with van der Waals surface area (Å²) in [4.78, 5) is 29.8. The van der Waals surface area contributed by atoms with Crippen LogP contribution in [0.4, 0.5) is 5.69 Å². The van der Waals surface area contributed by atoms with Crippen LogP contribution >= 0.6 is 15.9 Å². The molecule has 3 aliphatic carbocycles. The molecule has 0 radical (unpaired) electrons. The Morgan fingerprint density at radius 3 is 2.79 bits per heavy atom. The van der Waals surface area contributed by atoms with E-state index in [0.29, 0.717) is 40.0 Å². The molecule has 0 saturated heterocycles. The topological polar surface area (TPSA) is 88.9 Å². The molecule has 34 heavy (non-hydrogen) atoms. The van der Waals surface area contributed by atoms with Crippen molar-refractivity contribution >= 4 is 38.4 Å². The second kappa shape index (κ2) is 8.80. The molecule has 0 spiro atoms. The second-order valence-corrected chi connectivity index (χ2v) is 11.1. The van der Waals surface area contributed by atoms with E-state index in [1.807, 2.05) is 30.3 Å². The lowest BCUT2D eigenvalue weighted by Crippen LogP contribution is -2.58. The van der Waals surface area contributed by atoms with Gasteiger partial charge in [0.1, 0.15) is 11.0 Å². The van der Waals surface area contributed by atoms with E-state index in [-0.39, 0.29) is 18.0 Å². The summed E-state index contributed by atoms with van der Waals surface area (Å²) in [5.41, 5.74) is 2.64. The number of aromatic nitrogens is 3. The second-order valence-electron chi connectivity index (χ2n) is 10.3. The van der Waals surface area contributed by atoms with Crippen LogP contribution in [-0.2, 0) is 17.9 Å². The number of benzene rings is 1. The first kappa shape index (κ1) is 23.0. The third-order valence-corrected chi connectivity index (χ3v) is 8.95. The average Bonchev–Trinajstić information content (AvgIpc) is 2.83. The number of amides is 1. The SMILES string of the molecule is C[C@@H]1[C@H]2C[C@@H](C[C@H]1Nc1cnn(CC(=O)NCc3ccnc4ccccc34)c(=O)c1Br)C2(C)C. The minimum Gasteiger partial charge on any atom is -0.380 e. The van der Waals surface area contributed by atoms with Crippen LogP contribution in [-0.4, -0.2) is 26.7 Å². The highest BCUT2D eigenvalue weighted by molar-refractivity contribution is 9.10. The van der Waals surface area contributed by atoms with Crippen molar-refractivity contribution in [2.75, 3.05) is 5.32 Å². The Labute approximate surface area is 207 Å². The van der Waals surface area contributed by atoms with Gasteiger partial charge in [0.25, 0.3) is 5.56 Å². The van der Waals surface area contributed by atoms with E-state index in [9.17, 15) is 9.59 Å². The van der Waals surface area contributed by atoms with Crippen molar-refractivity contribution in [3.05, 3.63) is 63.1 Å². The van der Waals surface area contributed by atoms with E-state index >= 15 is 0 Å². The van der Waals surface area contributed by atoms with Gasteiger partial charge in [0.05, 0.1) is 17.4 Å². The highest BCUT2D eigenvalue weighted by atomic mass is 79.9. The number of hydrogen-bond acceptors (Lipinski definition) is 5. The Hall–Kier alpha value is -2.74. The zero-order valence-electron chi connectivity index (χ0n) is 19.7. The van der Waals surface area contributed by atoms with Crippen molar-refractivity contribution < 1.29 is 4.79 Å². The number of pyridine rings is 1. The van der Waals surface area contributed by atoms with Gasteiger partial charge in [-0.3, -0.25) is 14.6 Å². The number of carbonyl (C=O) groups is 1. The monoisotopic (exact) mass is 523 g/mol. The zero-order chi connectivity index (χ0) is 24.0. The lowest BCUT2D eigenvalue weighted by atomic mass is 9.45. The van der Waals surface area contributed by atoms with E-state index in [1.165, 1.54) is 11.1 Å². The molecule has 3 fully saturated rings. The first-order valence-corrected chi connectivity index (χ1v) is 12.7. The molecule has 8 heteroatoms. The number of halogens is 1. The molecule has 3 aromatic rings. The van der Waals surface area contributed by atoms with E-state index in [0.717, 1.165) is 28.8 Å². The molecule has 1 aromatic carbocycles. The summed E-state index contributed by atoms with van der Waals surface area (Å²) < 4.78 is 1.61. The number of carbonyl (C=O) groups excluding carboxylic acids is 1. The van der Waals surface area contributed by atoms with Crippen LogP contribution in [0.15, 0.2) is 52.0 Å². The van der Waals surface area contributed by atoms with Gasteiger partial charge in [0.15, 0.2) is 0 Å². The van der Waals surface area contributed by atoms with Gasteiger partial charge < -0.3 is 10.6 Å². The van der Waals surface area contributed by atoms with E-state index in [2.05, 4.69) is 57.4 Å². The molecule has 2 heterocycles. The van der Waals surface area contributed by atoms with Crippen molar-refractivity contribution in [2.45, 2.75) is 52.7 Å². The fourth-order valence-electron chi connectivity index (χ4n) is 5.91.